The molecule has 0 aliphatic carbocycles. The monoisotopic (exact) mass is 265 g/mol. The van der Waals surface area contributed by atoms with E-state index in [9.17, 15) is 4.39 Å². The fraction of sp³-hybridized carbons (Fsp3) is 0.467. The van der Waals surface area contributed by atoms with Crippen molar-refractivity contribution in [1.82, 2.24) is 5.32 Å². The van der Waals surface area contributed by atoms with Crippen LogP contribution in [-0.4, -0.2) is 26.9 Å². The van der Waals surface area contributed by atoms with E-state index in [0.717, 1.165) is 18.5 Å². The van der Waals surface area contributed by atoms with Crippen molar-refractivity contribution in [2.24, 2.45) is 0 Å². The zero-order valence-electron chi connectivity index (χ0n) is 11.2. The van der Waals surface area contributed by atoms with Crippen molar-refractivity contribution in [3.8, 4) is 18.1 Å². The van der Waals surface area contributed by atoms with Gasteiger partial charge in [0.1, 0.15) is 11.6 Å². The molecule has 0 saturated heterocycles. The lowest BCUT2D eigenvalue weighted by Crippen LogP contribution is -2.18. The van der Waals surface area contributed by atoms with Crippen molar-refractivity contribution in [2.45, 2.75) is 19.4 Å². The molecule has 0 unspecified atom stereocenters. The molecule has 19 heavy (non-hydrogen) atoms. The smallest absolute Gasteiger partial charge is 0.127 e. The van der Waals surface area contributed by atoms with Gasteiger partial charge in [0.2, 0.25) is 0 Å². The predicted molar refractivity (Wildman–Crippen MR) is 73.5 cm³/mol. The lowest BCUT2D eigenvalue weighted by molar-refractivity contribution is 0.199. The molecule has 0 fully saturated rings. The molecule has 0 aliphatic rings. The predicted octanol–water partition coefficient (Wildman–Crippen LogP) is 2.35. The largest absolute Gasteiger partial charge is 0.493 e. The maximum absolute atomic E-state index is 13.4. The molecule has 0 saturated carbocycles. The number of methoxy groups -OCH3 is 1. The Hall–Kier alpha value is -1.57. The van der Waals surface area contributed by atoms with E-state index in [1.807, 2.05) is 6.07 Å². The number of halogens is 1. The van der Waals surface area contributed by atoms with Crippen LogP contribution >= 0.6 is 0 Å². The fourth-order valence-corrected chi connectivity index (χ4v) is 1.58. The second kappa shape index (κ2) is 9.37. The standard InChI is InChI=1S/C15H20FNO2/c1-3-4-5-7-19-15-10-13(9-14(16)11-15)12-17-6-8-18-2/h1,9-11,17H,4-8,12H2,2H3. The van der Waals surface area contributed by atoms with E-state index in [2.05, 4.69) is 11.2 Å². The zero-order valence-corrected chi connectivity index (χ0v) is 11.2. The first kappa shape index (κ1) is 15.5. The van der Waals surface area contributed by atoms with E-state index >= 15 is 0 Å². The molecule has 1 rings (SSSR count). The zero-order chi connectivity index (χ0) is 13.9. The molecular formula is C15H20FNO2. The van der Waals surface area contributed by atoms with E-state index in [0.29, 0.717) is 31.9 Å². The lowest BCUT2D eigenvalue weighted by Gasteiger charge is -2.09. The van der Waals surface area contributed by atoms with Gasteiger partial charge in [0.15, 0.2) is 0 Å². The highest BCUT2D eigenvalue weighted by Crippen LogP contribution is 2.16. The number of benzene rings is 1. The summed E-state index contributed by atoms with van der Waals surface area (Å²) in [6.07, 6.45) is 6.59. The maximum Gasteiger partial charge on any atom is 0.127 e. The summed E-state index contributed by atoms with van der Waals surface area (Å²) in [5.74, 6) is 2.79. The molecule has 0 spiro atoms. The molecule has 3 nitrogen and oxygen atoms in total. The van der Waals surface area contributed by atoms with E-state index < -0.39 is 0 Å². The van der Waals surface area contributed by atoms with Crippen LogP contribution in [0.5, 0.6) is 5.75 Å². The third kappa shape index (κ3) is 6.80. The third-order valence-electron chi connectivity index (χ3n) is 2.48. The number of nitrogens with one attached hydrogen (secondary N) is 1. The first-order valence-electron chi connectivity index (χ1n) is 6.31. The Kier molecular flexibility index (Phi) is 7.64. The number of hydrogen-bond acceptors (Lipinski definition) is 3. The summed E-state index contributed by atoms with van der Waals surface area (Å²) in [6.45, 7) is 2.45. The number of hydrogen-bond donors (Lipinski definition) is 1. The van der Waals surface area contributed by atoms with E-state index in [4.69, 9.17) is 15.9 Å². The van der Waals surface area contributed by atoms with Gasteiger partial charge in [-0.2, -0.15) is 0 Å². The molecule has 0 aliphatic heterocycles. The highest BCUT2D eigenvalue weighted by molar-refractivity contribution is 5.29. The highest BCUT2D eigenvalue weighted by atomic mass is 19.1. The molecule has 0 amide bonds. The Bertz CT molecular complexity index is 415. The molecule has 0 atom stereocenters. The minimum Gasteiger partial charge on any atom is -0.493 e. The number of unbranched alkanes of at least 4 members (excludes halogenated alkanes) is 1. The summed E-state index contributed by atoms with van der Waals surface area (Å²) in [6, 6.07) is 4.71. The van der Waals surface area contributed by atoms with Gasteiger partial charge >= 0.3 is 0 Å². The summed E-state index contributed by atoms with van der Waals surface area (Å²) < 4.78 is 23.8. The number of terminal acetylenes is 1. The number of rotatable bonds is 9. The van der Waals surface area contributed by atoms with Gasteiger partial charge in [-0.3, -0.25) is 0 Å². The van der Waals surface area contributed by atoms with Crippen LogP contribution in [0, 0.1) is 18.2 Å². The van der Waals surface area contributed by atoms with E-state index in [-0.39, 0.29) is 5.82 Å². The van der Waals surface area contributed by atoms with Gasteiger partial charge in [0, 0.05) is 32.7 Å². The molecular weight excluding hydrogens is 245 g/mol. The van der Waals surface area contributed by atoms with Crippen LogP contribution in [0.3, 0.4) is 0 Å². The molecule has 1 aromatic carbocycles. The molecule has 0 radical (unpaired) electrons. The first-order valence-corrected chi connectivity index (χ1v) is 6.31. The van der Waals surface area contributed by atoms with Crippen LogP contribution < -0.4 is 10.1 Å². The normalized spacial score (nSPS) is 10.2. The minimum atomic E-state index is -0.294. The van der Waals surface area contributed by atoms with Gasteiger partial charge in [0.25, 0.3) is 0 Å². The highest BCUT2D eigenvalue weighted by Gasteiger charge is 2.02. The molecule has 104 valence electrons. The topological polar surface area (TPSA) is 30.5 Å². The van der Waals surface area contributed by atoms with Crippen LogP contribution in [0.2, 0.25) is 0 Å². The fourth-order valence-electron chi connectivity index (χ4n) is 1.58. The van der Waals surface area contributed by atoms with Gasteiger partial charge in [0.05, 0.1) is 13.2 Å². The third-order valence-corrected chi connectivity index (χ3v) is 2.48. The van der Waals surface area contributed by atoms with Crippen LogP contribution in [-0.2, 0) is 11.3 Å². The van der Waals surface area contributed by atoms with Crippen molar-refractivity contribution < 1.29 is 13.9 Å². The SMILES string of the molecule is C#CCCCOc1cc(F)cc(CNCCOC)c1. The summed E-state index contributed by atoms with van der Waals surface area (Å²) in [5, 5.41) is 3.16. The lowest BCUT2D eigenvalue weighted by atomic mass is 10.2. The van der Waals surface area contributed by atoms with Gasteiger partial charge in [-0.1, -0.05) is 0 Å². The second-order valence-corrected chi connectivity index (χ2v) is 4.12. The van der Waals surface area contributed by atoms with E-state index in [1.54, 1.807) is 7.11 Å². The average molecular weight is 265 g/mol. The van der Waals surface area contributed by atoms with E-state index in [1.165, 1.54) is 12.1 Å². The van der Waals surface area contributed by atoms with Crippen molar-refractivity contribution >= 4 is 0 Å². The van der Waals surface area contributed by atoms with Crippen LogP contribution in [0.1, 0.15) is 18.4 Å². The molecule has 0 heterocycles. The summed E-state index contributed by atoms with van der Waals surface area (Å²) in [4.78, 5) is 0. The van der Waals surface area contributed by atoms with Crippen molar-refractivity contribution in [3.63, 3.8) is 0 Å². The summed E-state index contributed by atoms with van der Waals surface area (Å²) in [7, 11) is 1.64. The summed E-state index contributed by atoms with van der Waals surface area (Å²) in [5.41, 5.74) is 0.850. The molecule has 4 heteroatoms. The van der Waals surface area contributed by atoms with Crippen molar-refractivity contribution in [1.29, 1.82) is 0 Å². The molecule has 0 aromatic heterocycles. The summed E-state index contributed by atoms with van der Waals surface area (Å²) >= 11 is 0. The molecule has 0 bridgehead atoms. The van der Waals surface area contributed by atoms with Gasteiger partial charge in [-0.05, 0) is 24.1 Å². The van der Waals surface area contributed by atoms with Crippen LogP contribution in [0.15, 0.2) is 18.2 Å². The molecule has 1 N–H and O–H groups in total. The Morgan fingerprint density at radius 3 is 2.89 bits per heavy atom. The Morgan fingerprint density at radius 2 is 2.16 bits per heavy atom. The second-order valence-electron chi connectivity index (χ2n) is 4.12. The van der Waals surface area contributed by atoms with Gasteiger partial charge in [-0.25, -0.2) is 4.39 Å². The Balaban J connectivity index is 2.44. The quantitative estimate of drug-likeness (QED) is 0.549. The van der Waals surface area contributed by atoms with Crippen molar-refractivity contribution in [2.75, 3.05) is 26.9 Å². The van der Waals surface area contributed by atoms with Gasteiger partial charge in [-0.15, -0.1) is 12.3 Å². The van der Waals surface area contributed by atoms with Crippen LogP contribution in [0.25, 0.3) is 0 Å². The Morgan fingerprint density at radius 1 is 1.32 bits per heavy atom. The Labute approximate surface area is 114 Å². The molecule has 1 aromatic rings. The maximum atomic E-state index is 13.4. The number of ether oxygens (including phenoxy) is 2. The first-order chi connectivity index (χ1) is 9.26. The van der Waals surface area contributed by atoms with Crippen LogP contribution in [0.4, 0.5) is 4.39 Å². The average Bonchev–Trinajstić information content (AvgIpc) is 2.39. The van der Waals surface area contributed by atoms with Gasteiger partial charge < -0.3 is 14.8 Å². The minimum absolute atomic E-state index is 0.294. The van der Waals surface area contributed by atoms with Crippen molar-refractivity contribution in [3.05, 3.63) is 29.6 Å².